The van der Waals surface area contributed by atoms with Crippen LogP contribution in [-0.4, -0.2) is 5.91 Å². The van der Waals surface area contributed by atoms with Crippen molar-refractivity contribution in [2.45, 2.75) is 6.92 Å². The van der Waals surface area contributed by atoms with Gasteiger partial charge in [-0.1, -0.05) is 12.1 Å². The number of carbonyl (C=O) groups is 1. The minimum Gasteiger partial charge on any atom is -0.396 e. The molecule has 0 saturated heterocycles. The Morgan fingerprint density at radius 1 is 1.21 bits per heavy atom. The number of aryl methyl sites for hydroxylation is 1. The lowest BCUT2D eigenvalue weighted by molar-refractivity contribution is 0.100. The van der Waals surface area contributed by atoms with E-state index in [-0.39, 0.29) is 11.3 Å². The van der Waals surface area contributed by atoms with Crippen LogP contribution in [0.4, 0.5) is 21.5 Å². The number of nitrogens with one attached hydrogen (secondary N) is 1. The number of para-hydroxylation sites is 1. The Kier molecular flexibility index (Phi) is 3.37. The molecule has 0 atom stereocenters. The molecule has 0 spiro atoms. The molecule has 98 valence electrons. The molecule has 0 saturated carbocycles. The molecule has 5 N–H and O–H groups in total. The largest absolute Gasteiger partial charge is 0.396 e. The highest BCUT2D eigenvalue weighted by molar-refractivity contribution is 6.01. The van der Waals surface area contributed by atoms with Crippen LogP contribution in [0.2, 0.25) is 0 Å². The molecule has 0 aromatic heterocycles. The van der Waals surface area contributed by atoms with Crippen LogP contribution in [0, 0.1) is 12.7 Å². The van der Waals surface area contributed by atoms with E-state index in [1.54, 1.807) is 24.3 Å². The van der Waals surface area contributed by atoms with Gasteiger partial charge in [0.2, 0.25) is 0 Å². The van der Waals surface area contributed by atoms with Gasteiger partial charge in [-0.15, -0.1) is 0 Å². The fourth-order valence-corrected chi connectivity index (χ4v) is 1.77. The zero-order valence-electron chi connectivity index (χ0n) is 10.4. The third-order valence-corrected chi connectivity index (χ3v) is 2.76. The van der Waals surface area contributed by atoms with E-state index in [0.717, 1.165) is 5.56 Å². The zero-order chi connectivity index (χ0) is 14.0. The van der Waals surface area contributed by atoms with E-state index in [1.807, 2.05) is 6.92 Å². The van der Waals surface area contributed by atoms with Crippen LogP contribution >= 0.6 is 0 Å². The number of halogens is 1. The van der Waals surface area contributed by atoms with Crippen LogP contribution in [0.3, 0.4) is 0 Å². The number of primary amides is 1. The maximum Gasteiger partial charge on any atom is 0.250 e. The number of hydrogen-bond donors (Lipinski definition) is 3. The zero-order valence-corrected chi connectivity index (χ0v) is 10.4. The van der Waals surface area contributed by atoms with Gasteiger partial charge in [0.05, 0.1) is 22.6 Å². The number of nitrogen functional groups attached to an aromatic ring is 1. The molecule has 2 aromatic rings. The van der Waals surface area contributed by atoms with Crippen LogP contribution in [0.5, 0.6) is 0 Å². The molecule has 19 heavy (non-hydrogen) atoms. The smallest absolute Gasteiger partial charge is 0.250 e. The van der Waals surface area contributed by atoms with Crippen LogP contribution in [0.25, 0.3) is 0 Å². The number of nitrogens with two attached hydrogens (primary N) is 2. The Labute approximate surface area is 110 Å². The highest BCUT2D eigenvalue weighted by atomic mass is 19.1. The van der Waals surface area contributed by atoms with Gasteiger partial charge in [0.1, 0.15) is 5.82 Å². The predicted molar refractivity (Wildman–Crippen MR) is 73.8 cm³/mol. The molecule has 0 fully saturated rings. The van der Waals surface area contributed by atoms with Crippen molar-refractivity contribution in [2.75, 3.05) is 11.1 Å². The van der Waals surface area contributed by atoms with Gasteiger partial charge in [-0.25, -0.2) is 4.39 Å². The van der Waals surface area contributed by atoms with E-state index in [4.69, 9.17) is 11.5 Å². The third-order valence-electron chi connectivity index (χ3n) is 2.76. The summed E-state index contributed by atoms with van der Waals surface area (Å²) in [5.74, 6) is -1.01. The van der Waals surface area contributed by atoms with Gasteiger partial charge in [-0.05, 0) is 36.8 Å². The van der Waals surface area contributed by atoms with E-state index in [1.165, 1.54) is 12.1 Å². The summed E-state index contributed by atoms with van der Waals surface area (Å²) < 4.78 is 13.7. The molecule has 0 radical (unpaired) electrons. The minimum atomic E-state index is -0.620. The quantitative estimate of drug-likeness (QED) is 0.741. The van der Waals surface area contributed by atoms with Gasteiger partial charge in [0.15, 0.2) is 0 Å². The number of rotatable bonds is 3. The second-order valence-corrected chi connectivity index (χ2v) is 4.24. The molecule has 0 heterocycles. The monoisotopic (exact) mass is 259 g/mol. The molecule has 5 heteroatoms. The molecule has 4 nitrogen and oxygen atoms in total. The van der Waals surface area contributed by atoms with Gasteiger partial charge in [0.25, 0.3) is 5.91 Å². The summed E-state index contributed by atoms with van der Waals surface area (Å²) in [4.78, 5) is 11.2. The van der Waals surface area contributed by atoms with Crippen molar-refractivity contribution in [2.24, 2.45) is 5.73 Å². The van der Waals surface area contributed by atoms with Gasteiger partial charge >= 0.3 is 0 Å². The maximum absolute atomic E-state index is 13.7. The summed E-state index contributed by atoms with van der Waals surface area (Å²) in [7, 11) is 0. The normalized spacial score (nSPS) is 10.2. The molecule has 1 amide bonds. The molecular weight excluding hydrogens is 245 g/mol. The highest BCUT2D eigenvalue weighted by Gasteiger charge is 2.11. The first kappa shape index (κ1) is 12.9. The van der Waals surface area contributed by atoms with E-state index in [9.17, 15) is 9.18 Å². The van der Waals surface area contributed by atoms with Gasteiger partial charge < -0.3 is 16.8 Å². The second-order valence-electron chi connectivity index (χ2n) is 4.24. The second kappa shape index (κ2) is 4.97. The van der Waals surface area contributed by atoms with Crippen molar-refractivity contribution in [1.82, 2.24) is 0 Å². The lowest BCUT2D eigenvalue weighted by Gasteiger charge is -2.12. The van der Waals surface area contributed by atoms with Gasteiger partial charge in [-0.2, -0.15) is 0 Å². The SMILES string of the molecule is Cc1ccc(F)c(Nc2cccc(C(N)=O)c2N)c1. The highest BCUT2D eigenvalue weighted by Crippen LogP contribution is 2.27. The standard InChI is InChI=1S/C14H14FN3O/c1-8-5-6-10(15)12(7-8)18-11-4-2-3-9(13(11)16)14(17)19/h2-7,18H,16H2,1H3,(H2,17,19). The maximum atomic E-state index is 13.7. The van der Waals surface area contributed by atoms with Crippen molar-refractivity contribution in [3.8, 4) is 0 Å². The molecule has 0 aliphatic rings. The number of amides is 1. The number of hydrogen-bond acceptors (Lipinski definition) is 3. The average Bonchev–Trinajstić information content (AvgIpc) is 2.36. The van der Waals surface area contributed by atoms with E-state index >= 15 is 0 Å². The lowest BCUT2D eigenvalue weighted by Crippen LogP contribution is -2.14. The summed E-state index contributed by atoms with van der Waals surface area (Å²) in [6.07, 6.45) is 0. The van der Waals surface area contributed by atoms with Crippen LogP contribution in [0.15, 0.2) is 36.4 Å². The molecular formula is C14H14FN3O. The molecule has 2 aromatic carbocycles. The summed E-state index contributed by atoms with van der Waals surface area (Å²) in [5.41, 5.74) is 13.1. The first-order chi connectivity index (χ1) is 8.99. The van der Waals surface area contributed by atoms with Crippen LogP contribution < -0.4 is 16.8 Å². The van der Waals surface area contributed by atoms with Crippen molar-refractivity contribution >= 4 is 23.0 Å². The van der Waals surface area contributed by atoms with E-state index in [2.05, 4.69) is 5.32 Å². The first-order valence-corrected chi connectivity index (χ1v) is 5.70. The van der Waals surface area contributed by atoms with E-state index < -0.39 is 11.7 Å². The van der Waals surface area contributed by atoms with Crippen molar-refractivity contribution in [3.63, 3.8) is 0 Å². The molecule has 2 rings (SSSR count). The lowest BCUT2D eigenvalue weighted by atomic mass is 10.1. The fraction of sp³-hybridized carbons (Fsp3) is 0.0714. The van der Waals surface area contributed by atoms with Gasteiger partial charge in [-0.3, -0.25) is 4.79 Å². The summed E-state index contributed by atoms with van der Waals surface area (Å²) in [6.45, 7) is 1.85. The van der Waals surface area contributed by atoms with Crippen LogP contribution in [0.1, 0.15) is 15.9 Å². The van der Waals surface area contributed by atoms with Crippen LogP contribution in [-0.2, 0) is 0 Å². The summed E-state index contributed by atoms with van der Waals surface area (Å²) >= 11 is 0. The summed E-state index contributed by atoms with van der Waals surface area (Å²) in [6, 6.07) is 9.51. The van der Waals surface area contributed by atoms with Crippen molar-refractivity contribution in [3.05, 3.63) is 53.3 Å². The predicted octanol–water partition coefficient (Wildman–Crippen LogP) is 2.56. The molecule has 0 unspecified atom stereocenters. The number of carbonyl (C=O) groups excluding carboxylic acids is 1. The Morgan fingerprint density at radius 3 is 2.63 bits per heavy atom. The van der Waals surface area contributed by atoms with Crippen molar-refractivity contribution < 1.29 is 9.18 Å². The first-order valence-electron chi connectivity index (χ1n) is 5.70. The Bertz CT molecular complexity index is 641. The van der Waals surface area contributed by atoms with Gasteiger partial charge in [0, 0.05) is 0 Å². The van der Waals surface area contributed by atoms with Crippen molar-refractivity contribution in [1.29, 1.82) is 0 Å². The Balaban J connectivity index is 2.41. The number of anilines is 3. The third kappa shape index (κ3) is 2.65. The Hall–Kier alpha value is -2.56. The molecule has 0 bridgehead atoms. The fourth-order valence-electron chi connectivity index (χ4n) is 1.77. The topological polar surface area (TPSA) is 81.1 Å². The average molecular weight is 259 g/mol. The molecule has 0 aliphatic carbocycles. The van der Waals surface area contributed by atoms with E-state index in [0.29, 0.717) is 11.4 Å². The number of benzene rings is 2. The summed E-state index contributed by atoms with van der Waals surface area (Å²) in [5, 5.41) is 2.87. The molecule has 0 aliphatic heterocycles. The Morgan fingerprint density at radius 2 is 1.95 bits per heavy atom. The minimum absolute atomic E-state index is 0.205.